The lowest BCUT2D eigenvalue weighted by Gasteiger charge is -2.17. The van der Waals surface area contributed by atoms with E-state index in [9.17, 15) is 0 Å². The summed E-state index contributed by atoms with van der Waals surface area (Å²) in [6, 6.07) is 18.2. The molecule has 3 aromatic rings. The maximum atomic E-state index is 5.97. The minimum absolute atomic E-state index is 0.0115. The number of hydrogen-bond acceptors (Lipinski definition) is 2. The third-order valence-electron chi connectivity index (χ3n) is 3.35. The van der Waals surface area contributed by atoms with Crippen molar-refractivity contribution in [3.8, 4) is 0 Å². The quantitative estimate of drug-likeness (QED) is 0.749. The Hall–Kier alpha value is -2.10. The topological polar surface area (TPSA) is 40.7 Å². The van der Waals surface area contributed by atoms with Crippen LogP contribution in [-0.4, -0.2) is 9.97 Å². The first-order valence-corrected chi connectivity index (χ1v) is 7.23. The van der Waals surface area contributed by atoms with Crippen molar-refractivity contribution in [2.45, 2.75) is 12.6 Å². The largest absolute Gasteiger partial charge is 0.347 e. The number of nitrogens with one attached hydrogen (secondary N) is 2. The molecule has 1 unspecified atom stereocenters. The van der Waals surface area contributed by atoms with E-state index in [1.807, 2.05) is 48.7 Å². The molecule has 21 heavy (non-hydrogen) atoms. The minimum atomic E-state index is 0.0115. The highest BCUT2D eigenvalue weighted by Gasteiger charge is 2.15. The molecule has 0 aliphatic carbocycles. The van der Waals surface area contributed by atoms with Crippen LogP contribution in [0.4, 0.5) is 0 Å². The summed E-state index contributed by atoms with van der Waals surface area (Å²) in [6.07, 6.45) is 3.60. The summed E-state index contributed by atoms with van der Waals surface area (Å²) in [4.78, 5) is 7.56. The molecule has 3 rings (SSSR count). The van der Waals surface area contributed by atoms with Gasteiger partial charge in [0.15, 0.2) is 0 Å². The van der Waals surface area contributed by atoms with Crippen molar-refractivity contribution in [1.82, 2.24) is 15.3 Å². The minimum Gasteiger partial charge on any atom is -0.347 e. The van der Waals surface area contributed by atoms with Gasteiger partial charge in [0.25, 0.3) is 0 Å². The van der Waals surface area contributed by atoms with E-state index < -0.39 is 0 Å². The van der Waals surface area contributed by atoms with E-state index in [1.165, 1.54) is 5.56 Å². The molecule has 0 saturated heterocycles. The van der Waals surface area contributed by atoms with Gasteiger partial charge in [0.05, 0.1) is 6.04 Å². The van der Waals surface area contributed by atoms with Crippen molar-refractivity contribution in [2.24, 2.45) is 0 Å². The summed E-state index contributed by atoms with van der Waals surface area (Å²) in [7, 11) is 0. The van der Waals surface area contributed by atoms with Gasteiger partial charge in [0.2, 0.25) is 0 Å². The van der Waals surface area contributed by atoms with Crippen molar-refractivity contribution in [2.75, 3.05) is 0 Å². The van der Waals surface area contributed by atoms with Crippen LogP contribution in [0.2, 0.25) is 5.02 Å². The summed E-state index contributed by atoms with van der Waals surface area (Å²) in [5.41, 5.74) is 2.37. The second-order valence-corrected chi connectivity index (χ2v) is 5.26. The zero-order valence-electron chi connectivity index (χ0n) is 11.5. The smallest absolute Gasteiger partial charge is 0.127 e. The summed E-state index contributed by atoms with van der Waals surface area (Å²) >= 11 is 5.97. The van der Waals surface area contributed by atoms with Crippen LogP contribution in [0, 0.1) is 0 Å². The Morgan fingerprint density at radius 3 is 2.48 bits per heavy atom. The zero-order chi connectivity index (χ0) is 14.5. The molecule has 1 aromatic heterocycles. The number of imidazole rings is 1. The molecule has 2 N–H and O–H groups in total. The number of halogens is 1. The molecule has 0 spiro atoms. The average molecular weight is 298 g/mol. The van der Waals surface area contributed by atoms with Gasteiger partial charge in [-0.2, -0.15) is 0 Å². The van der Waals surface area contributed by atoms with E-state index in [0.717, 1.165) is 23.0 Å². The number of hydrogen-bond donors (Lipinski definition) is 2. The third kappa shape index (κ3) is 3.51. The Morgan fingerprint density at radius 1 is 1.05 bits per heavy atom. The molecule has 0 aliphatic rings. The van der Waals surface area contributed by atoms with Crippen molar-refractivity contribution in [1.29, 1.82) is 0 Å². The van der Waals surface area contributed by atoms with Crippen LogP contribution in [0.1, 0.15) is 23.0 Å². The van der Waals surface area contributed by atoms with Gasteiger partial charge in [0.1, 0.15) is 5.82 Å². The third-order valence-corrected chi connectivity index (χ3v) is 3.60. The highest BCUT2D eigenvalue weighted by Crippen LogP contribution is 2.21. The molecular weight excluding hydrogens is 282 g/mol. The van der Waals surface area contributed by atoms with Gasteiger partial charge in [0, 0.05) is 24.0 Å². The molecule has 2 aromatic carbocycles. The van der Waals surface area contributed by atoms with Gasteiger partial charge in [-0.05, 0) is 23.3 Å². The molecule has 0 fully saturated rings. The van der Waals surface area contributed by atoms with Crippen LogP contribution < -0.4 is 5.32 Å². The van der Waals surface area contributed by atoms with Crippen molar-refractivity contribution < 1.29 is 0 Å². The predicted molar refractivity (Wildman–Crippen MR) is 85.2 cm³/mol. The highest BCUT2D eigenvalue weighted by molar-refractivity contribution is 6.30. The van der Waals surface area contributed by atoms with Crippen molar-refractivity contribution in [3.63, 3.8) is 0 Å². The number of benzene rings is 2. The van der Waals surface area contributed by atoms with Crippen LogP contribution in [-0.2, 0) is 6.54 Å². The Balaban J connectivity index is 1.81. The van der Waals surface area contributed by atoms with E-state index in [2.05, 4.69) is 27.4 Å². The number of rotatable bonds is 5. The Kier molecular flexibility index (Phi) is 4.34. The molecule has 1 atom stereocenters. The van der Waals surface area contributed by atoms with Gasteiger partial charge in [-0.15, -0.1) is 0 Å². The number of nitrogens with zero attached hydrogens (tertiary/aromatic N) is 1. The summed E-state index contributed by atoms with van der Waals surface area (Å²) < 4.78 is 0. The van der Waals surface area contributed by atoms with E-state index in [0.29, 0.717) is 0 Å². The van der Waals surface area contributed by atoms with Crippen LogP contribution in [0.25, 0.3) is 0 Å². The lowest BCUT2D eigenvalue weighted by molar-refractivity contribution is 0.581. The molecule has 3 nitrogen and oxygen atoms in total. The lowest BCUT2D eigenvalue weighted by Crippen LogP contribution is -2.23. The number of aromatic nitrogens is 2. The van der Waals surface area contributed by atoms with Gasteiger partial charge in [-0.25, -0.2) is 4.98 Å². The molecule has 4 heteroatoms. The maximum Gasteiger partial charge on any atom is 0.127 e. The highest BCUT2D eigenvalue weighted by atomic mass is 35.5. The van der Waals surface area contributed by atoms with E-state index in [1.54, 1.807) is 6.20 Å². The second-order valence-electron chi connectivity index (χ2n) is 4.83. The lowest BCUT2D eigenvalue weighted by atomic mass is 10.1. The van der Waals surface area contributed by atoms with E-state index in [4.69, 9.17) is 11.6 Å². The molecule has 0 aliphatic heterocycles. The average Bonchev–Trinajstić information content (AvgIpc) is 3.04. The molecule has 0 radical (unpaired) electrons. The molecule has 1 heterocycles. The number of aromatic amines is 1. The fourth-order valence-corrected chi connectivity index (χ4v) is 2.40. The van der Waals surface area contributed by atoms with Gasteiger partial charge in [-0.1, -0.05) is 54.1 Å². The normalized spacial score (nSPS) is 12.2. The van der Waals surface area contributed by atoms with Crippen LogP contribution in [0.3, 0.4) is 0 Å². The van der Waals surface area contributed by atoms with Gasteiger partial charge in [-0.3, -0.25) is 5.32 Å². The summed E-state index contributed by atoms with van der Waals surface area (Å²) in [6.45, 7) is 0.773. The Bertz CT molecular complexity index is 663. The fraction of sp³-hybridized carbons (Fsp3) is 0.118. The van der Waals surface area contributed by atoms with Crippen LogP contribution >= 0.6 is 11.6 Å². The van der Waals surface area contributed by atoms with E-state index >= 15 is 0 Å². The first kappa shape index (κ1) is 13.9. The zero-order valence-corrected chi connectivity index (χ0v) is 12.2. The standard InChI is InChI=1S/C17H16ClN3/c18-15-8-6-14(7-9-15)16(17-19-10-11-20-17)21-12-13-4-2-1-3-5-13/h1-11,16,21H,12H2,(H,19,20). The van der Waals surface area contributed by atoms with Crippen molar-refractivity contribution in [3.05, 3.63) is 89.0 Å². The Morgan fingerprint density at radius 2 is 1.81 bits per heavy atom. The monoisotopic (exact) mass is 297 g/mol. The SMILES string of the molecule is Clc1ccc(C(NCc2ccccc2)c2ncc[nH]2)cc1. The first-order valence-electron chi connectivity index (χ1n) is 6.85. The Labute approximate surface area is 129 Å². The fourth-order valence-electron chi connectivity index (χ4n) is 2.28. The first-order chi connectivity index (χ1) is 10.3. The van der Waals surface area contributed by atoms with Gasteiger partial charge >= 0.3 is 0 Å². The number of H-pyrrole nitrogens is 1. The summed E-state index contributed by atoms with van der Waals surface area (Å²) in [5.74, 6) is 0.897. The molecule has 0 saturated carbocycles. The van der Waals surface area contributed by atoms with Crippen LogP contribution in [0.5, 0.6) is 0 Å². The molecule has 0 amide bonds. The second kappa shape index (κ2) is 6.57. The van der Waals surface area contributed by atoms with Crippen LogP contribution in [0.15, 0.2) is 67.0 Å². The molecule has 106 valence electrons. The molecule has 0 bridgehead atoms. The van der Waals surface area contributed by atoms with Gasteiger partial charge < -0.3 is 4.98 Å². The maximum absolute atomic E-state index is 5.97. The predicted octanol–water partition coefficient (Wildman–Crippen LogP) is 3.94. The summed E-state index contributed by atoms with van der Waals surface area (Å²) in [5, 5.41) is 4.27. The van der Waals surface area contributed by atoms with E-state index in [-0.39, 0.29) is 6.04 Å². The van der Waals surface area contributed by atoms with Crippen molar-refractivity contribution >= 4 is 11.6 Å². The molecular formula is C17H16ClN3.